The molecule has 0 radical (unpaired) electrons. The smallest absolute Gasteiger partial charge is 0.312 e. The van der Waals surface area contributed by atoms with Crippen LogP contribution in [0.15, 0.2) is 16.7 Å². The third kappa shape index (κ3) is 4.90. The zero-order valence-electron chi connectivity index (χ0n) is 11.6. The number of aromatic nitrogens is 1. The maximum Gasteiger partial charge on any atom is 0.312 e. The molecule has 1 aromatic heterocycles. The third-order valence-electron chi connectivity index (χ3n) is 3.50. The summed E-state index contributed by atoms with van der Waals surface area (Å²) in [5.41, 5.74) is 5.79. The molecule has 1 saturated carbocycles. The van der Waals surface area contributed by atoms with Crippen molar-refractivity contribution in [3.63, 3.8) is 0 Å². The highest BCUT2D eigenvalue weighted by Gasteiger charge is 2.19. The fourth-order valence-electron chi connectivity index (χ4n) is 2.35. The molecule has 0 aromatic carbocycles. The van der Waals surface area contributed by atoms with Gasteiger partial charge >= 0.3 is 5.69 Å². The Labute approximate surface area is 131 Å². The number of nitrogens with two attached hydrogens (primary N) is 1. The first-order valence-corrected chi connectivity index (χ1v) is 7.76. The highest BCUT2D eigenvalue weighted by atomic mass is 79.9. The lowest BCUT2D eigenvalue weighted by atomic mass is 9.94. The molecule has 0 amide bonds. The first-order chi connectivity index (χ1) is 10.1. The number of hydrogen-bond acceptors (Lipinski definition) is 6. The standard InChI is InChI=1S/C13H19BrN4O3/c14-9-7-12(18(19)20)13(17-8-9)16-5-6-21-11-3-1-10(15)2-4-11/h7-8,10-11H,1-6,15H2,(H,16,17). The topological polar surface area (TPSA) is 103 Å². The average molecular weight is 359 g/mol. The Morgan fingerprint density at radius 2 is 2.19 bits per heavy atom. The van der Waals surface area contributed by atoms with Gasteiger partial charge in [-0.3, -0.25) is 10.1 Å². The van der Waals surface area contributed by atoms with E-state index in [2.05, 4.69) is 26.2 Å². The fraction of sp³-hybridized carbons (Fsp3) is 0.615. The molecule has 0 unspecified atom stereocenters. The molecule has 1 fully saturated rings. The van der Waals surface area contributed by atoms with E-state index in [0.29, 0.717) is 23.7 Å². The van der Waals surface area contributed by atoms with E-state index in [9.17, 15) is 10.1 Å². The van der Waals surface area contributed by atoms with Gasteiger partial charge in [0.25, 0.3) is 0 Å². The summed E-state index contributed by atoms with van der Waals surface area (Å²) in [5.74, 6) is 0.262. The molecule has 116 valence electrons. The van der Waals surface area contributed by atoms with Crippen molar-refractivity contribution in [2.45, 2.75) is 37.8 Å². The summed E-state index contributed by atoms with van der Waals surface area (Å²) < 4.78 is 6.33. The second-order valence-corrected chi connectivity index (χ2v) is 6.03. The highest BCUT2D eigenvalue weighted by molar-refractivity contribution is 9.10. The Bertz CT molecular complexity index is 492. The maximum atomic E-state index is 10.9. The number of halogens is 1. The molecule has 1 aliphatic rings. The van der Waals surface area contributed by atoms with Crippen LogP contribution in [0.3, 0.4) is 0 Å². The summed E-state index contributed by atoms with van der Waals surface area (Å²) in [7, 11) is 0. The molecule has 3 N–H and O–H groups in total. The van der Waals surface area contributed by atoms with Crippen LogP contribution in [-0.4, -0.2) is 35.2 Å². The van der Waals surface area contributed by atoms with Crippen molar-refractivity contribution in [2.75, 3.05) is 18.5 Å². The molecular formula is C13H19BrN4O3. The number of pyridine rings is 1. The highest BCUT2D eigenvalue weighted by Crippen LogP contribution is 2.25. The molecular weight excluding hydrogens is 340 g/mol. The Balaban J connectivity index is 1.77. The van der Waals surface area contributed by atoms with E-state index in [-0.39, 0.29) is 17.6 Å². The Morgan fingerprint density at radius 1 is 1.48 bits per heavy atom. The van der Waals surface area contributed by atoms with Crippen LogP contribution in [0.25, 0.3) is 0 Å². The molecule has 0 bridgehead atoms. The van der Waals surface area contributed by atoms with Gasteiger partial charge in [-0.15, -0.1) is 0 Å². The Kier molecular flexibility index (Phi) is 5.89. The first kappa shape index (κ1) is 16.1. The van der Waals surface area contributed by atoms with E-state index < -0.39 is 4.92 Å². The monoisotopic (exact) mass is 358 g/mol. The van der Waals surface area contributed by atoms with Crippen LogP contribution in [-0.2, 0) is 4.74 Å². The van der Waals surface area contributed by atoms with Gasteiger partial charge in [0.15, 0.2) is 0 Å². The van der Waals surface area contributed by atoms with Gasteiger partial charge in [-0.05, 0) is 41.6 Å². The molecule has 0 atom stereocenters. The number of nitro groups is 1. The van der Waals surface area contributed by atoms with Crippen molar-refractivity contribution in [3.8, 4) is 0 Å². The van der Waals surface area contributed by atoms with Gasteiger partial charge in [0.1, 0.15) is 0 Å². The predicted molar refractivity (Wildman–Crippen MR) is 83.3 cm³/mol. The minimum absolute atomic E-state index is 0.0481. The number of nitrogens with zero attached hydrogens (tertiary/aromatic N) is 2. The molecule has 0 aliphatic heterocycles. The molecule has 0 saturated heterocycles. The van der Waals surface area contributed by atoms with Crippen LogP contribution in [0.2, 0.25) is 0 Å². The Morgan fingerprint density at radius 3 is 2.86 bits per heavy atom. The predicted octanol–water partition coefficient (Wildman–Crippen LogP) is 2.45. The van der Waals surface area contributed by atoms with Gasteiger partial charge in [-0.1, -0.05) is 0 Å². The minimum atomic E-state index is -0.455. The van der Waals surface area contributed by atoms with Gasteiger partial charge < -0.3 is 15.8 Å². The zero-order valence-corrected chi connectivity index (χ0v) is 13.2. The van der Waals surface area contributed by atoms with E-state index in [1.54, 1.807) is 0 Å². The summed E-state index contributed by atoms with van der Waals surface area (Å²) >= 11 is 3.17. The lowest BCUT2D eigenvalue weighted by Crippen LogP contribution is -2.31. The lowest BCUT2D eigenvalue weighted by Gasteiger charge is -2.26. The van der Waals surface area contributed by atoms with Gasteiger partial charge in [-0.2, -0.15) is 0 Å². The molecule has 1 aromatic rings. The van der Waals surface area contributed by atoms with Gasteiger partial charge in [0.2, 0.25) is 5.82 Å². The molecule has 1 heterocycles. The van der Waals surface area contributed by atoms with E-state index in [1.807, 2.05) is 0 Å². The van der Waals surface area contributed by atoms with Crippen LogP contribution >= 0.6 is 15.9 Å². The molecule has 0 spiro atoms. The number of rotatable bonds is 6. The van der Waals surface area contributed by atoms with Crippen molar-refractivity contribution in [1.82, 2.24) is 4.98 Å². The van der Waals surface area contributed by atoms with Crippen LogP contribution in [0.5, 0.6) is 0 Å². The first-order valence-electron chi connectivity index (χ1n) is 6.97. The number of hydrogen-bond donors (Lipinski definition) is 2. The van der Waals surface area contributed by atoms with E-state index in [4.69, 9.17) is 10.5 Å². The molecule has 7 nitrogen and oxygen atoms in total. The third-order valence-corrected chi connectivity index (χ3v) is 3.93. The summed E-state index contributed by atoms with van der Waals surface area (Å²) in [6.45, 7) is 0.979. The van der Waals surface area contributed by atoms with Crippen molar-refractivity contribution in [1.29, 1.82) is 0 Å². The largest absolute Gasteiger partial charge is 0.376 e. The second kappa shape index (κ2) is 7.67. The van der Waals surface area contributed by atoms with Crippen molar-refractivity contribution in [3.05, 3.63) is 26.9 Å². The van der Waals surface area contributed by atoms with Crippen LogP contribution in [0.4, 0.5) is 11.5 Å². The average Bonchev–Trinajstić information content (AvgIpc) is 2.46. The number of ether oxygens (including phenoxy) is 1. The summed E-state index contributed by atoms with van der Waals surface area (Å²) in [6, 6.07) is 1.73. The lowest BCUT2D eigenvalue weighted by molar-refractivity contribution is -0.384. The van der Waals surface area contributed by atoms with Crippen molar-refractivity contribution < 1.29 is 9.66 Å². The maximum absolute atomic E-state index is 10.9. The van der Waals surface area contributed by atoms with Crippen LogP contribution in [0.1, 0.15) is 25.7 Å². The fourth-order valence-corrected chi connectivity index (χ4v) is 2.67. The van der Waals surface area contributed by atoms with Crippen LogP contribution < -0.4 is 11.1 Å². The second-order valence-electron chi connectivity index (χ2n) is 5.11. The molecule has 21 heavy (non-hydrogen) atoms. The molecule has 2 rings (SSSR count). The molecule has 1 aliphatic carbocycles. The zero-order chi connectivity index (χ0) is 15.2. The van der Waals surface area contributed by atoms with Crippen molar-refractivity contribution in [2.24, 2.45) is 5.73 Å². The van der Waals surface area contributed by atoms with Gasteiger partial charge in [-0.25, -0.2) is 4.98 Å². The van der Waals surface area contributed by atoms with Gasteiger partial charge in [0.05, 0.1) is 17.6 Å². The number of anilines is 1. The summed E-state index contributed by atoms with van der Waals surface area (Å²) in [6.07, 6.45) is 5.74. The quantitative estimate of drug-likeness (QED) is 0.459. The van der Waals surface area contributed by atoms with Crippen molar-refractivity contribution >= 4 is 27.4 Å². The minimum Gasteiger partial charge on any atom is -0.376 e. The van der Waals surface area contributed by atoms with Gasteiger partial charge in [0, 0.05) is 29.3 Å². The van der Waals surface area contributed by atoms with E-state index >= 15 is 0 Å². The van der Waals surface area contributed by atoms with E-state index in [1.165, 1.54) is 12.3 Å². The summed E-state index contributed by atoms with van der Waals surface area (Å²) in [5, 5.41) is 13.9. The normalized spacial score (nSPS) is 22.0. The van der Waals surface area contributed by atoms with Crippen LogP contribution in [0, 0.1) is 10.1 Å². The van der Waals surface area contributed by atoms with E-state index in [0.717, 1.165) is 25.7 Å². The summed E-state index contributed by atoms with van der Waals surface area (Å²) in [4.78, 5) is 14.5. The number of nitrogens with one attached hydrogen (secondary N) is 1. The SMILES string of the molecule is NC1CCC(OCCNc2ncc(Br)cc2[N+](=O)[O-])CC1. The Hall–Kier alpha value is -1.25. The molecule has 8 heteroatoms.